The Hall–Kier alpha value is -2.68. The van der Waals surface area contributed by atoms with Gasteiger partial charge in [-0.05, 0) is 12.1 Å². The van der Waals surface area contributed by atoms with Crippen LogP contribution in [0.2, 0.25) is 0 Å². The zero-order valence-corrected chi connectivity index (χ0v) is 11.0. The quantitative estimate of drug-likeness (QED) is 0.604. The van der Waals surface area contributed by atoms with E-state index in [1.165, 1.54) is 12.6 Å². The van der Waals surface area contributed by atoms with Crippen molar-refractivity contribution in [3.63, 3.8) is 0 Å². The van der Waals surface area contributed by atoms with Crippen molar-refractivity contribution in [2.45, 2.75) is 6.54 Å². The van der Waals surface area contributed by atoms with Gasteiger partial charge in [0.05, 0.1) is 17.7 Å². The third-order valence-electron chi connectivity index (χ3n) is 2.34. The molecule has 0 atom stereocenters. The second-order valence-electron chi connectivity index (χ2n) is 4.12. The topological polar surface area (TPSA) is 109 Å². The number of nitrogens with one attached hydrogen (secondary N) is 2. The van der Waals surface area contributed by atoms with Gasteiger partial charge in [0, 0.05) is 14.1 Å². The molecule has 0 amide bonds. The molecule has 0 aliphatic heterocycles. The molecule has 0 saturated carbocycles. The molecule has 20 heavy (non-hydrogen) atoms. The fourth-order valence-corrected chi connectivity index (χ4v) is 1.56. The first-order valence-electron chi connectivity index (χ1n) is 5.77. The van der Waals surface area contributed by atoms with E-state index in [0.717, 1.165) is 0 Å². The van der Waals surface area contributed by atoms with Crippen molar-refractivity contribution in [1.29, 1.82) is 0 Å². The lowest BCUT2D eigenvalue weighted by Crippen LogP contribution is -2.21. The lowest BCUT2D eigenvalue weighted by molar-refractivity contribution is -0.383. The van der Waals surface area contributed by atoms with Gasteiger partial charge in [-0.3, -0.25) is 15.5 Å². The van der Waals surface area contributed by atoms with Crippen LogP contribution < -0.4 is 10.7 Å². The zero-order valence-electron chi connectivity index (χ0n) is 11.0. The van der Waals surface area contributed by atoms with Crippen LogP contribution in [-0.2, 0) is 6.54 Å². The van der Waals surface area contributed by atoms with Crippen LogP contribution in [0.25, 0.3) is 0 Å². The summed E-state index contributed by atoms with van der Waals surface area (Å²) >= 11 is 0. The van der Waals surface area contributed by atoms with E-state index in [1.54, 1.807) is 31.2 Å². The van der Waals surface area contributed by atoms with Crippen molar-refractivity contribution in [2.75, 3.05) is 24.8 Å². The monoisotopic (exact) mass is 278 g/mol. The first-order valence-corrected chi connectivity index (χ1v) is 5.77. The van der Waals surface area contributed by atoms with E-state index in [-0.39, 0.29) is 17.3 Å². The molecule has 2 N–H and O–H groups in total. The number of nitrogens with zero attached hydrogens (tertiary/aromatic N) is 4. The molecule has 9 heteroatoms. The maximum Gasteiger partial charge on any atom is 0.354 e. The van der Waals surface area contributed by atoms with Gasteiger partial charge in [0.2, 0.25) is 11.6 Å². The van der Waals surface area contributed by atoms with E-state index >= 15 is 0 Å². The standard InChI is InChI=1S/C11H14N6O3/c1-16(2)15-11-9(17(18)19)10(13-7-14-11)12-6-8-4-3-5-20-8/h3-5,7H,6H2,1-2H3,(H2,12,13,14,15). The highest BCUT2D eigenvalue weighted by Crippen LogP contribution is 2.29. The van der Waals surface area contributed by atoms with Crippen molar-refractivity contribution < 1.29 is 9.34 Å². The van der Waals surface area contributed by atoms with E-state index in [4.69, 9.17) is 4.42 Å². The Balaban J connectivity index is 2.24. The molecule has 0 aromatic carbocycles. The van der Waals surface area contributed by atoms with Crippen LogP contribution in [0.5, 0.6) is 0 Å². The highest BCUT2D eigenvalue weighted by molar-refractivity contribution is 5.68. The zero-order chi connectivity index (χ0) is 14.5. The predicted molar refractivity (Wildman–Crippen MR) is 72.0 cm³/mol. The van der Waals surface area contributed by atoms with Crippen molar-refractivity contribution in [3.8, 4) is 0 Å². The van der Waals surface area contributed by atoms with E-state index in [1.807, 2.05) is 0 Å². The van der Waals surface area contributed by atoms with E-state index in [9.17, 15) is 10.1 Å². The fraction of sp³-hybridized carbons (Fsp3) is 0.273. The van der Waals surface area contributed by atoms with Crippen LogP contribution >= 0.6 is 0 Å². The Morgan fingerprint density at radius 3 is 2.75 bits per heavy atom. The summed E-state index contributed by atoms with van der Waals surface area (Å²) in [5.41, 5.74) is 2.55. The van der Waals surface area contributed by atoms with Gasteiger partial charge in [-0.15, -0.1) is 0 Å². The molecule has 0 saturated heterocycles. The normalized spacial score (nSPS) is 10.6. The second-order valence-corrected chi connectivity index (χ2v) is 4.12. The van der Waals surface area contributed by atoms with Gasteiger partial charge in [-0.25, -0.2) is 15.0 Å². The minimum absolute atomic E-state index is 0.122. The van der Waals surface area contributed by atoms with E-state index < -0.39 is 4.92 Å². The Kier molecular flexibility index (Phi) is 4.11. The van der Waals surface area contributed by atoms with Crippen molar-refractivity contribution in [3.05, 3.63) is 40.6 Å². The first-order chi connectivity index (χ1) is 9.58. The third-order valence-corrected chi connectivity index (χ3v) is 2.34. The number of anilines is 2. The maximum atomic E-state index is 11.2. The van der Waals surface area contributed by atoms with Crippen LogP contribution in [0, 0.1) is 10.1 Å². The van der Waals surface area contributed by atoms with Crippen molar-refractivity contribution in [2.24, 2.45) is 0 Å². The smallest absolute Gasteiger partial charge is 0.354 e. The minimum Gasteiger partial charge on any atom is -0.467 e. The molecule has 0 unspecified atom stereocenters. The molecule has 2 aromatic heterocycles. The summed E-state index contributed by atoms with van der Waals surface area (Å²) in [7, 11) is 3.42. The van der Waals surface area contributed by atoms with Crippen molar-refractivity contribution >= 4 is 17.3 Å². The maximum absolute atomic E-state index is 11.2. The van der Waals surface area contributed by atoms with Crippen LogP contribution in [0.4, 0.5) is 17.3 Å². The summed E-state index contributed by atoms with van der Waals surface area (Å²) in [6.07, 6.45) is 2.79. The van der Waals surface area contributed by atoms with Crippen LogP contribution in [-0.4, -0.2) is 34.0 Å². The van der Waals surface area contributed by atoms with Gasteiger partial charge in [-0.2, -0.15) is 0 Å². The SMILES string of the molecule is CN(C)Nc1ncnc(NCc2ccco2)c1[N+](=O)[O-]. The third kappa shape index (κ3) is 3.20. The predicted octanol–water partition coefficient (Wildman–Crippen LogP) is 1.48. The number of hydrogen-bond donors (Lipinski definition) is 2. The number of hydrogen-bond acceptors (Lipinski definition) is 8. The van der Waals surface area contributed by atoms with E-state index in [2.05, 4.69) is 20.7 Å². The van der Waals surface area contributed by atoms with Crippen LogP contribution in [0.15, 0.2) is 29.1 Å². The van der Waals surface area contributed by atoms with Gasteiger partial charge in [0.1, 0.15) is 12.1 Å². The Labute approximate surface area is 114 Å². The first kappa shape index (κ1) is 13.7. The molecular formula is C11H14N6O3. The molecule has 2 aromatic rings. The molecular weight excluding hydrogens is 264 g/mol. The fourth-order valence-electron chi connectivity index (χ4n) is 1.56. The molecule has 0 spiro atoms. The lowest BCUT2D eigenvalue weighted by atomic mass is 10.4. The summed E-state index contributed by atoms with van der Waals surface area (Å²) in [6.45, 7) is 0.298. The lowest BCUT2D eigenvalue weighted by Gasteiger charge is -2.13. The highest BCUT2D eigenvalue weighted by atomic mass is 16.6. The number of hydrazine groups is 1. The average molecular weight is 278 g/mol. The summed E-state index contributed by atoms with van der Waals surface area (Å²) < 4.78 is 5.15. The number of aromatic nitrogens is 2. The summed E-state index contributed by atoms with van der Waals surface area (Å²) in [5, 5.41) is 15.6. The van der Waals surface area contributed by atoms with Gasteiger partial charge in [0.15, 0.2) is 0 Å². The number of furan rings is 1. The molecule has 9 nitrogen and oxygen atoms in total. The molecule has 2 rings (SSSR count). The summed E-state index contributed by atoms with van der Waals surface area (Å²) in [5.74, 6) is 0.905. The minimum atomic E-state index is -0.531. The molecule has 0 radical (unpaired) electrons. The molecule has 2 heterocycles. The van der Waals surface area contributed by atoms with Gasteiger partial charge in [0.25, 0.3) is 0 Å². The largest absolute Gasteiger partial charge is 0.467 e. The number of rotatable bonds is 6. The molecule has 106 valence electrons. The second kappa shape index (κ2) is 5.97. The number of nitro groups is 1. The molecule has 0 aliphatic rings. The summed E-state index contributed by atoms with van der Waals surface area (Å²) in [6, 6.07) is 3.50. The van der Waals surface area contributed by atoms with Gasteiger partial charge < -0.3 is 9.73 Å². The Morgan fingerprint density at radius 1 is 1.40 bits per heavy atom. The molecule has 0 bridgehead atoms. The van der Waals surface area contributed by atoms with E-state index in [0.29, 0.717) is 12.3 Å². The average Bonchev–Trinajstić information content (AvgIpc) is 2.88. The van der Waals surface area contributed by atoms with Crippen LogP contribution in [0.3, 0.4) is 0 Å². The summed E-state index contributed by atoms with van der Waals surface area (Å²) in [4.78, 5) is 18.4. The van der Waals surface area contributed by atoms with Gasteiger partial charge in [-0.1, -0.05) is 0 Å². The van der Waals surface area contributed by atoms with Crippen LogP contribution in [0.1, 0.15) is 5.76 Å². The Morgan fingerprint density at radius 2 is 2.15 bits per heavy atom. The Bertz CT molecular complexity index is 584. The highest BCUT2D eigenvalue weighted by Gasteiger charge is 2.23. The molecule has 0 aliphatic carbocycles. The molecule has 0 fully saturated rings. The van der Waals surface area contributed by atoms with Crippen molar-refractivity contribution in [1.82, 2.24) is 15.0 Å². The van der Waals surface area contributed by atoms with Gasteiger partial charge >= 0.3 is 5.69 Å².